The second-order valence-corrected chi connectivity index (χ2v) is 7.80. The lowest BCUT2D eigenvalue weighted by Crippen LogP contribution is -2.55. The van der Waals surface area contributed by atoms with Crippen LogP contribution < -0.4 is 5.32 Å². The van der Waals surface area contributed by atoms with Gasteiger partial charge in [0, 0.05) is 22.5 Å². The van der Waals surface area contributed by atoms with E-state index in [2.05, 4.69) is 73.2 Å². The highest BCUT2D eigenvalue weighted by Crippen LogP contribution is 2.59. The van der Waals surface area contributed by atoms with Crippen molar-refractivity contribution >= 4 is 15.9 Å². The van der Waals surface area contributed by atoms with Crippen LogP contribution >= 0.6 is 15.9 Å². The van der Waals surface area contributed by atoms with E-state index in [1.807, 2.05) is 0 Å². The Hall–Kier alpha value is -0.340. The van der Waals surface area contributed by atoms with E-state index in [1.54, 1.807) is 0 Å². The van der Waals surface area contributed by atoms with Crippen LogP contribution in [-0.4, -0.2) is 12.6 Å². The molecule has 0 unspecified atom stereocenters. The van der Waals surface area contributed by atoms with Crippen molar-refractivity contribution in [2.75, 3.05) is 6.54 Å². The summed E-state index contributed by atoms with van der Waals surface area (Å²) < 4.78 is 1.20. The molecule has 20 heavy (non-hydrogen) atoms. The summed E-state index contributed by atoms with van der Waals surface area (Å²) in [6.45, 7) is 10.3. The van der Waals surface area contributed by atoms with Crippen LogP contribution in [0.15, 0.2) is 28.7 Å². The zero-order valence-electron chi connectivity index (χ0n) is 13.3. The number of hydrogen-bond acceptors (Lipinski definition) is 1. The molecule has 0 bridgehead atoms. The van der Waals surface area contributed by atoms with Crippen molar-refractivity contribution in [1.29, 1.82) is 0 Å². The minimum absolute atomic E-state index is 0.333. The molecule has 1 aliphatic rings. The summed E-state index contributed by atoms with van der Waals surface area (Å²) in [5.41, 5.74) is 2.40. The molecule has 0 atom stereocenters. The molecule has 0 saturated heterocycles. The summed E-state index contributed by atoms with van der Waals surface area (Å²) in [5.74, 6) is 0. The van der Waals surface area contributed by atoms with Crippen molar-refractivity contribution in [2.24, 2.45) is 5.41 Å². The maximum atomic E-state index is 3.68. The zero-order valence-corrected chi connectivity index (χ0v) is 14.9. The zero-order chi connectivity index (χ0) is 14.8. The molecule has 1 N–H and O–H groups in total. The highest BCUT2D eigenvalue weighted by Gasteiger charge is 2.52. The highest BCUT2D eigenvalue weighted by molar-refractivity contribution is 9.10. The number of nitrogens with one attached hydrogen (secondary N) is 1. The third kappa shape index (κ3) is 3.12. The number of halogens is 1. The van der Waals surface area contributed by atoms with Crippen molar-refractivity contribution < 1.29 is 0 Å². The van der Waals surface area contributed by atoms with Crippen molar-refractivity contribution in [2.45, 2.75) is 64.8 Å². The van der Waals surface area contributed by atoms with Crippen molar-refractivity contribution in [3.63, 3.8) is 0 Å². The van der Waals surface area contributed by atoms with E-state index in [9.17, 15) is 0 Å². The van der Waals surface area contributed by atoms with Gasteiger partial charge in [0.25, 0.3) is 0 Å². The van der Waals surface area contributed by atoms with Gasteiger partial charge in [0.05, 0.1) is 0 Å². The van der Waals surface area contributed by atoms with Gasteiger partial charge in [-0.15, -0.1) is 0 Å². The van der Waals surface area contributed by atoms with Crippen LogP contribution in [0.5, 0.6) is 0 Å². The van der Waals surface area contributed by atoms with E-state index in [0.717, 1.165) is 6.54 Å². The molecule has 1 nitrogen and oxygen atoms in total. The first-order chi connectivity index (χ1) is 9.45. The second kappa shape index (κ2) is 6.19. The van der Waals surface area contributed by atoms with Gasteiger partial charge in [0.2, 0.25) is 0 Å². The minimum atomic E-state index is 0.333. The SMILES string of the molecule is CCC1(CC)CC(CNC(C)C)(c2cccc(Br)c2)C1. The third-order valence-corrected chi connectivity index (χ3v) is 5.71. The van der Waals surface area contributed by atoms with Crippen LogP contribution in [0.4, 0.5) is 0 Å². The molecule has 1 aromatic carbocycles. The molecule has 2 rings (SSSR count). The van der Waals surface area contributed by atoms with E-state index in [-0.39, 0.29) is 0 Å². The number of hydrogen-bond donors (Lipinski definition) is 1. The summed E-state index contributed by atoms with van der Waals surface area (Å²) in [6, 6.07) is 9.48. The van der Waals surface area contributed by atoms with Gasteiger partial charge >= 0.3 is 0 Å². The van der Waals surface area contributed by atoms with Gasteiger partial charge in [-0.25, -0.2) is 0 Å². The molecule has 1 aromatic rings. The van der Waals surface area contributed by atoms with Gasteiger partial charge in [-0.2, -0.15) is 0 Å². The fraction of sp³-hybridized carbons (Fsp3) is 0.667. The molecule has 0 aliphatic heterocycles. The van der Waals surface area contributed by atoms with E-state index < -0.39 is 0 Å². The molecule has 1 aliphatic carbocycles. The Morgan fingerprint density at radius 2 is 1.85 bits per heavy atom. The van der Waals surface area contributed by atoms with Crippen LogP contribution in [0, 0.1) is 5.41 Å². The highest BCUT2D eigenvalue weighted by atomic mass is 79.9. The molecule has 0 amide bonds. The third-order valence-electron chi connectivity index (χ3n) is 5.21. The van der Waals surface area contributed by atoms with Crippen LogP contribution in [0.1, 0.15) is 58.9 Å². The molecule has 0 spiro atoms. The molecule has 0 heterocycles. The van der Waals surface area contributed by atoms with Crippen LogP contribution in [0.2, 0.25) is 0 Å². The minimum Gasteiger partial charge on any atom is -0.314 e. The van der Waals surface area contributed by atoms with Crippen LogP contribution in [-0.2, 0) is 5.41 Å². The van der Waals surface area contributed by atoms with Gasteiger partial charge in [-0.3, -0.25) is 0 Å². The largest absolute Gasteiger partial charge is 0.314 e. The van der Waals surface area contributed by atoms with Crippen molar-refractivity contribution in [3.05, 3.63) is 34.3 Å². The van der Waals surface area contributed by atoms with E-state index >= 15 is 0 Å². The van der Waals surface area contributed by atoms with Gasteiger partial charge < -0.3 is 5.32 Å². The summed E-state index contributed by atoms with van der Waals surface area (Å²) in [5, 5.41) is 3.68. The average molecular weight is 338 g/mol. The molecular formula is C18H28BrN. The lowest BCUT2D eigenvalue weighted by Gasteiger charge is -2.57. The molecule has 112 valence electrons. The average Bonchev–Trinajstić information content (AvgIpc) is 2.38. The Morgan fingerprint density at radius 1 is 1.20 bits per heavy atom. The van der Waals surface area contributed by atoms with Crippen LogP contribution in [0.25, 0.3) is 0 Å². The lowest BCUT2D eigenvalue weighted by atomic mass is 9.48. The topological polar surface area (TPSA) is 12.0 Å². The quantitative estimate of drug-likeness (QED) is 0.744. The Kier molecular flexibility index (Phi) is 4.96. The van der Waals surface area contributed by atoms with E-state index in [4.69, 9.17) is 0 Å². The van der Waals surface area contributed by atoms with Crippen molar-refractivity contribution in [1.82, 2.24) is 5.32 Å². The van der Waals surface area contributed by atoms with Gasteiger partial charge in [-0.05, 0) is 36.0 Å². The Bertz CT molecular complexity index is 440. The maximum Gasteiger partial charge on any atom is 0.0178 e. The van der Waals surface area contributed by atoms with Crippen molar-refractivity contribution in [3.8, 4) is 0 Å². The van der Waals surface area contributed by atoms with Gasteiger partial charge in [-0.1, -0.05) is 68.6 Å². The first-order valence-electron chi connectivity index (χ1n) is 7.95. The first kappa shape index (κ1) is 16.0. The maximum absolute atomic E-state index is 3.68. The fourth-order valence-corrected chi connectivity index (χ4v) is 4.18. The molecule has 1 saturated carbocycles. The standard InChI is InChI=1S/C18H28BrN/c1-5-17(6-2)11-18(12-17,13-20-14(3)4)15-8-7-9-16(19)10-15/h7-10,14,20H,5-6,11-13H2,1-4H3. The summed E-state index contributed by atoms with van der Waals surface area (Å²) in [7, 11) is 0. The van der Waals surface area contributed by atoms with Crippen LogP contribution in [0.3, 0.4) is 0 Å². The lowest BCUT2D eigenvalue weighted by molar-refractivity contribution is 0.0118. The Labute approximate surface area is 132 Å². The van der Waals surface area contributed by atoms with E-state index in [1.165, 1.54) is 35.7 Å². The first-order valence-corrected chi connectivity index (χ1v) is 8.74. The molecule has 2 heteroatoms. The van der Waals surface area contributed by atoms with E-state index in [0.29, 0.717) is 16.9 Å². The predicted molar refractivity (Wildman–Crippen MR) is 91.2 cm³/mol. The molecule has 0 aromatic heterocycles. The molecular weight excluding hydrogens is 310 g/mol. The summed E-state index contributed by atoms with van der Waals surface area (Å²) >= 11 is 3.63. The second-order valence-electron chi connectivity index (χ2n) is 6.89. The monoisotopic (exact) mass is 337 g/mol. The normalized spacial score (nSPS) is 19.9. The summed E-state index contributed by atoms with van der Waals surface area (Å²) in [6.07, 6.45) is 5.26. The fourth-order valence-electron chi connectivity index (χ4n) is 3.78. The number of rotatable bonds is 6. The Morgan fingerprint density at radius 3 is 2.35 bits per heavy atom. The smallest absolute Gasteiger partial charge is 0.0178 e. The molecule has 0 radical (unpaired) electrons. The summed E-state index contributed by atoms with van der Waals surface area (Å²) in [4.78, 5) is 0. The van der Waals surface area contributed by atoms with Gasteiger partial charge in [0.15, 0.2) is 0 Å². The number of benzene rings is 1. The predicted octanol–water partition coefficient (Wildman–Crippen LogP) is 5.29. The van der Waals surface area contributed by atoms with Gasteiger partial charge in [0.1, 0.15) is 0 Å². The molecule has 1 fully saturated rings. The Balaban J connectivity index is 2.23.